The minimum Gasteiger partial charge on any atom is -0.369 e. The van der Waals surface area contributed by atoms with Gasteiger partial charge in [-0.2, -0.15) is 4.31 Å². The van der Waals surface area contributed by atoms with Gasteiger partial charge in [-0.1, -0.05) is 6.92 Å². The van der Waals surface area contributed by atoms with Crippen molar-refractivity contribution < 1.29 is 13.2 Å². The van der Waals surface area contributed by atoms with E-state index in [2.05, 4.69) is 9.97 Å². The van der Waals surface area contributed by atoms with Crippen molar-refractivity contribution in [3.8, 4) is 0 Å². The molecule has 0 radical (unpaired) electrons. The Bertz CT molecular complexity index is 479. The number of likely N-dealkylation sites (N-methyl/N-ethyl adjacent to an activating group) is 1. The average Bonchev–Trinajstić information content (AvgIpc) is 2.65. The smallest absolute Gasteiger partial charge is 0.260 e. The fraction of sp³-hybridized carbons (Fsp3) is 0.500. The zero-order valence-electron chi connectivity index (χ0n) is 9.10. The van der Waals surface area contributed by atoms with E-state index >= 15 is 0 Å². The molecule has 90 valence electrons. The number of aromatic nitrogens is 2. The van der Waals surface area contributed by atoms with E-state index in [-0.39, 0.29) is 11.6 Å². The number of rotatable bonds is 5. The monoisotopic (exact) mass is 246 g/mol. The third kappa shape index (κ3) is 2.58. The summed E-state index contributed by atoms with van der Waals surface area (Å²) in [5, 5.41) is -0.0342. The number of nitrogens with one attached hydrogen (secondary N) is 1. The van der Waals surface area contributed by atoms with Gasteiger partial charge < -0.3 is 10.7 Å². The van der Waals surface area contributed by atoms with Gasteiger partial charge >= 0.3 is 0 Å². The zero-order chi connectivity index (χ0) is 12.3. The number of aryl methyl sites for hydroxylation is 1. The maximum atomic E-state index is 11.8. The van der Waals surface area contributed by atoms with Gasteiger partial charge in [-0.3, -0.25) is 4.79 Å². The molecule has 1 heterocycles. The third-order valence-corrected chi connectivity index (χ3v) is 3.72. The zero-order valence-corrected chi connectivity index (χ0v) is 9.91. The van der Waals surface area contributed by atoms with Gasteiger partial charge in [0.05, 0.1) is 12.7 Å². The maximum absolute atomic E-state index is 11.8. The van der Waals surface area contributed by atoms with Crippen LogP contribution in [-0.2, 0) is 21.2 Å². The number of H-pyrrole nitrogens is 1. The van der Waals surface area contributed by atoms with Crippen LogP contribution in [0.3, 0.4) is 0 Å². The fourth-order valence-corrected chi connectivity index (χ4v) is 2.19. The van der Waals surface area contributed by atoms with Gasteiger partial charge in [0.25, 0.3) is 10.0 Å². The number of primary amides is 1. The van der Waals surface area contributed by atoms with Crippen molar-refractivity contribution in [3.05, 3.63) is 12.0 Å². The van der Waals surface area contributed by atoms with Gasteiger partial charge in [-0.15, -0.1) is 0 Å². The Morgan fingerprint density at radius 2 is 2.25 bits per heavy atom. The van der Waals surface area contributed by atoms with Crippen LogP contribution in [0.2, 0.25) is 0 Å². The molecule has 0 fully saturated rings. The van der Waals surface area contributed by atoms with Crippen LogP contribution in [0.4, 0.5) is 0 Å². The van der Waals surface area contributed by atoms with Crippen LogP contribution in [0.5, 0.6) is 0 Å². The summed E-state index contributed by atoms with van der Waals surface area (Å²) in [7, 11) is -2.42. The first-order chi connectivity index (χ1) is 7.37. The van der Waals surface area contributed by atoms with Crippen LogP contribution in [0.15, 0.2) is 11.2 Å². The predicted octanol–water partition coefficient (Wildman–Crippen LogP) is -0.922. The minimum atomic E-state index is -3.71. The second-order valence-corrected chi connectivity index (χ2v) is 5.29. The maximum Gasteiger partial charge on any atom is 0.260 e. The second kappa shape index (κ2) is 4.62. The Morgan fingerprint density at radius 1 is 1.62 bits per heavy atom. The van der Waals surface area contributed by atoms with Gasteiger partial charge in [-0.25, -0.2) is 13.4 Å². The van der Waals surface area contributed by atoms with Gasteiger partial charge in [0.2, 0.25) is 5.91 Å². The Hall–Kier alpha value is -1.41. The number of aromatic amines is 1. The van der Waals surface area contributed by atoms with Crippen molar-refractivity contribution in [1.29, 1.82) is 0 Å². The van der Waals surface area contributed by atoms with E-state index in [4.69, 9.17) is 5.73 Å². The molecule has 1 aromatic rings. The summed E-state index contributed by atoms with van der Waals surface area (Å²) in [5.74, 6) is -0.132. The van der Waals surface area contributed by atoms with E-state index in [0.717, 1.165) is 4.31 Å². The van der Waals surface area contributed by atoms with E-state index in [9.17, 15) is 13.2 Å². The number of nitrogens with zero attached hydrogens (tertiary/aromatic N) is 2. The van der Waals surface area contributed by atoms with Gasteiger partial charge in [0, 0.05) is 13.5 Å². The summed E-state index contributed by atoms with van der Waals surface area (Å²) < 4.78 is 24.6. The lowest BCUT2D eigenvalue weighted by Gasteiger charge is -2.13. The van der Waals surface area contributed by atoms with Crippen LogP contribution < -0.4 is 5.73 Å². The fourth-order valence-electron chi connectivity index (χ4n) is 1.13. The molecule has 0 saturated carbocycles. The molecule has 7 nitrogen and oxygen atoms in total. The molecule has 0 aliphatic heterocycles. The lowest BCUT2D eigenvalue weighted by Crippen LogP contribution is -2.35. The molecule has 1 aromatic heterocycles. The molecule has 0 aromatic carbocycles. The Morgan fingerprint density at radius 3 is 2.69 bits per heavy atom. The highest BCUT2D eigenvalue weighted by Crippen LogP contribution is 2.11. The largest absolute Gasteiger partial charge is 0.369 e. The normalized spacial score (nSPS) is 11.9. The highest BCUT2D eigenvalue weighted by molar-refractivity contribution is 7.89. The molecule has 8 heteroatoms. The minimum absolute atomic E-state index is 0.0342. The summed E-state index contributed by atoms with van der Waals surface area (Å²) in [6, 6.07) is 0. The molecule has 0 unspecified atom stereocenters. The van der Waals surface area contributed by atoms with E-state index in [1.165, 1.54) is 13.2 Å². The third-order valence-electron chi connectivity index (χ3n) is 2.01. The quantitative estimate of drug-likeness (QED) is 0.700. The van der Waals surface area contributed by atoms with Crippen molar-refractivity contribution in [2.24, 2.45) is 5.73 Å². The Kier molecular flexibility index (Phi) is 3.66. The van der Waals surface area contributed by atoms with Crippen LogP contribution in [0, 0.1) is 0 Å². The number of nitrogens with two attached hydrogens (primary N) is 1. The molecule has 1 rings (SSSR count). The van der Waals surface area contributed by atoms with Crippen LogP contribution in [0.25, 0.3) is 0 Å². The first kappa shape index (κ1) is 12.7. The Balaban J connectivity index is 2.97. The van der Waals surface area contributed by atoms with E-state index in [1.807, 2.05) is 6.92 Å². The molecule has 0 bridgehead atoms. The first-order valence-corrected chi connectivity index (χ1v) is 6.10. The Labute approximate surface area is 93.7 Å². The van der Waals surface area contributed by atoms with Crippen LogP contribution in [0.1, 0.15) is 12.7 Å². The molecular weight excluding hydrogens is 232 g/mol. The van der Waals surface area contributed by atoms with Crippen LogP contribution >= 0.6 is 0 Å². The number of carbonyl (C=O) groups is 1. The number of hydrogen-bond acceptors (Lipinski definition) is 4. The lowest BCUT2D eigenvalue weighted by atomic mass is 10.5. The number of sulfonamides is 1. The highest BCUT2D eigenvalue weighted by atomic mass is 32.2. The molecular formula is C8H14N4O3S. The number of hydrogen-bond donors (Lipinski definition) is 2. The average molecular weight is 246 g/mol. The van der Waals surface area contributed by atoms with E-state index < -0.39 is 15.9 Å². The van der Waals surface area contributed by atoms with Crippen LogP contribution in [-0.4, -0.2) is 42.2 Å². The molecule has 0 spiro atoms. The molecule has 0 aliphatic carbocycles. The molecule has 16 heavy (non-hydrogen) atoms. The SMILES string of the molecule is CCc1ncc(S(=O)(=O)N(C)CC(N)=O)[nH]1. The molecule has 1 amide bonds. The number of carbonyl (C=O) groups excluding carboxylic acids is 1. The van der Waals surface area contributed by atoms with Crippen molar-refractivity contribution >= 4 is 15.9 Å². The first-order valence-electron chi connectivity index (χ1n) is 4.66. The lowest BCUT2D eigenvalue weighted by molar-refractivity contribution is -0.118. The summed E-state index contributed by atoms with van der Waals surface area (Å²) in [5.41, 5.74) is 4.93. The molecule has 0 atom stereocenters. The van der Waals surface area contributed by atoms with E-state index in [1.54, 1.807) is 0 Å². The molecule has 0 aliphatic rings. The predicted molar refractivity (Wildman–Crippen MR) is 57.0 cm³/mol. The summed E-state index contributed by atoms with van der Waals surface area (Å²) in [4.78, 5) is 17.2. The second-order valence-electron chi connectivity index (χ2n) is 3.28. The summed E-state index contributed by atoms with van der Waals surface area (Å²) >= 11 is 0. The van der Waals surface area contributed by atoms with Crippen molar-refractivity contribution in [2.45, 2.75) is 18.4 Å². The van der Waals surface area contributed by atoms with Gasteiger partial charge in [-0.05, 0) is 0 Å². The summed E-state index contributed by atoms with van der Waals surface area (Å²) in [6.45, 7) is 1.49. The van der Waals surface area contributed by atoms with Gasteiger partial charge in [0.15, 0.2) is 5.03 Å². The summed E-state index contributed by atoms with van der Waals surface area (Å²) in [6.07, 6.45) is 1.83. The molecule has 3 N–H and O–H groups in total. The number of imidazole rings is 1. The number of amides is 1. The van der Waals surface area contributed by atoms with Crippen molar-refractivity contribution in [2.75, 3.05) is 13.6 Å². The van der Waals surface area contributed by atoms with Crippen molar-refractivity contribution in [1.82, 2.24) is 14.3 Å². The topological polar surface area (TPSA) is 109 Å². The highest BCUT2D eigenvalue weighted by Gasteiger charge is 2.24. The standard InChI is InChI=1S/C8H14N4O3S/c1-3-7-10-4-8(11-7)16(14,15)12(2)5-6(9)13/h4H,3,5H2,1-2H3,(H2,9,13)(H,10,11). The van der Waals surface area contributed by atoms with Crippen molar-refractivity contribution in [3.63, 3.8) is 0 Å². The van der Waals surface area contributed by atoms with E-state index in [0.29, 0.717) is 12.2 Å². The van der Waals surface area contributed by atoms with Gasteiger partial charge in [0.1, 0.15) is 5.82 Å². The molecule has 0 saturated heterocycles.